The number of hydrogen-bond acceptors (Lipinski definition) is 4. The average molecular weight is 301 g/mol. The monoisotopic (exact) mass is 301 g/mol. The summed E-state index contributed by atoms with van der Waals surface area (Å²) in [6, 6.07) is 9.51. The molecule has 1 amide bonds. The minimum Gasteiger partial charge on any atom is -0.372 e. The fourth-order valence-electron chi connectivity index (χ4n) is 1.99. The van der Waals surface area contributed by atoms with Gasteiger partial charge in [0.2, 0.25) is 0 Å². The second kappa shape index (κ2) is 7.59. The molecule has 0 atom stereocenters. The minimum absolute atomic E-state index is 0.201. The summed E-state index contributed by atoms with van der Waals surface area (Å²) in [6.45, 7) is 6.13. The van der Waals surface area contributed by atoms with Crippen LogP contribution in [0.5, 0.6) is 0 Å². The number of amides is 1. The van der Waals surface area contributed by atoms with E-state index < -0.39 is 0 Å². The third-order valence-corrected chi connectivity index (χ3v) is 3.88. The van der Waals surface area contributed by atoms with Crippen LogP contribution < -0.4 is 10.3 Å². The molecule has 1 aromatic heterocycles. The molecule has 0 saturated carbocycles. The third-order valence-electron chi connectivity index (χ3n) is 3.18. The molecule has 0 aliphatic carbocycles. The van der Waals surface area contributed by atoms with E-state index in [-0.39, 0.29) is 5.91 Å². The molecule has 1 aromatic carbocycles. The fraction of sp³-hybridized carbons (Fsp3) is 0.250. The maximum atomic E-state index is 12.0. The summed E-state index contributed by atoms with van der Waals surface area (Å²) in [5.74, 6) is -0.201. The number of thiophene rings is 1. The Labute approximate surface area is 129 Å². The van der Waals surface area contributed by atoms with Crippen LogP contribution in [0.15, 0.2) is 46.2 Å². The molecule has 21 heavy (non-hydrogen) atoms. The maximum absolute atomic E-state index is 12.0. The smallest absolute Gasteiger partial charge is 0.271 e. The SMILES string of the molecule is CCN(CC)c1ccc(C(=O)N/N=C\c2ccsc2)cc1. The van der Waals surface area contributed by atoms with E-state index in [2.05, 4.69) is 29.3 Å². The van der Waals surface area contributed by atoms with Gasteiger partial charge < -0.3 is 4.90 Å². The van der Waals surface area contributed by atoms with Gasteiger partial charge in [0.1, 0.15) is 0 Å². The lowest BCUT2D eigenvalue weighted by Crippen LogP contribution is -2.22. The molecular weight excluding hydrogens is 282 g/mol. The molecular formula is C16H19N3OS. The molecule has 1 N–H and O–H groups in total. The van der Waals surface area contributed by atoms with E-state index in [9.17, 15) is 4.79 Å². The van der Waals surface area contributed by atoms with Gasteiger partial charge in [0.05, 0.1) is 6.21 Å². The molecule has 0 aliphatic heterocycles. The Kier molecular flexibility index (Phi) is 5.51. The lowest BCUT2D eigenvalue weighted by Gasteiger charge is -2.20. The predicted octanol–water partition coefficient (Wildman–Crippen LogP) is 3.36. The number of benzene rings is 1. The summed E-state index contributed by atoms with van der Waals surface area (Å²) in [7, 11) is 0. The van der Waals surface area contributed by atoms with E-state index in [0.717, 1.165) is 24.3 Å². The van der Waals surface area contributed by atoms with Crippen LogP contribution in [0, 0.1) is 0 Å². The molecule has 110 valence electrons. The van der Waals surface area contributed by atoms with Gasteiger partial charge in [-0.3, -0.25) is 4.79 Å². The lowest BCUT2D eigenvalue weighted by atomic mass is 10.2. The molecule has 0 radical (unpaired) electrons. The Morgan fingerprint density at radius 3 is 2.52 bits per heavy atom. The number of nitrogens with one attached hydrogen (secondary N) is 1. The van der Waals surface area contributed by atoms with Crippen molar-refractivity contribution in [2.75, 3.05) is 18.0 Å². The Morgan fingerprint density at radius 1 is 1.24 bits per heavy atom. The van der Waals surface area contributed by atoms with E-state index in [1.807, 2.05) is 41.1 Å². The van der Waals surface area contributed by atoms with Gasteiger partial charge in [0.15, 0.2) is 0 Å². The topological polar surface area (TPSA) is 44.7 Å². The van der Waals surface area contributed by atoms with Crippen LogP contribution in [-0.4, -0.2) is 25.2 Å². The largest absolute Gasteiger partial charge is 0.372 e. The van der Waals surface area contributed by atoms with E-state index in [4.69, 9.17) is 0 Å². The van der Waals surface area contributed by atoms with Gasteiger partial charge >= 0.3 is 0 Å². The first-order valence-corrected chi connectivity index (χ1v) is 7.89. The standard InChI is InChI=1S/C16H19N3OS/c1-3-19(4-2)15-7-5-14(6-8-15)16(20)18-17-11-13-9-10-21-12-13/h5-12H,3-4H2,1-2H3,(H,18,20)/b17-11-. The highest BCUT2D eigenvalue weighted by Crippen LogP contribution is 2.14. The molecule has 0 fully saturated rings. The number of hydrogen-bond donors (Lipinski definition) is 1. The van der Waals surface area contributed by atoms with Crippen molar-refractivity contribution in [1.82, 2.24) is 5.43 Å². The molecule has 0 bridgehead atoms. The normalized spacial score (nSPS) is 10.8. The lowest BCUT2D eigenvalue weighted by molar-refractivity contribution is 0.0955. The van der Waals surface area contributed by atoms with Crippen LogP contribution in [0.3, 0.4) is 0 Å². The number of carbonyl (C=O) groups is 1. The van der Waals surface area contributed by atoms with Gasteiger partial charge in [0.25, 0.3) is 5.91 Å². The number of anilines is 1. The molecule has 0 saturated heterocycles. The van der Waals surface area contributed by atoms with Crippen LogP contribution in [-0.2, 0) is 0 Å². The predicted molar refractivity (Wildman–Crippen MR) is 89.4 cm³/mol. The quantitative estimate of drug-likeness (QED) is 0.657. The van der Waals surface area contributed by atoms with E-state index in [1.165, 1.54) is 0 Å². The molecule has 0 unspecified atom stereocenters. The summed E-state index contributed by atoms with van der Waals surface area (Å²) in [6.07, 6.45) is 1.64. The third kappa shape index (κ3) is 4.16. The summed E-state index contributed by atoms with van der Waals surface area (Å²) in [4.78, 5) is 14.2. The second-order valence-corrected chi connectivity index (χ2v) is 5.26. The van der Waals surface area contributed by atoms with Crippen LogP contribution in [0.25, 0.3) is 0 Å². The zero-order valence-electron chi connectivity index (χ0n) is 12.2. The highest BCUT2D eigenvalue weighted by Gasteiger charge is 2.06. The Balaban J connectivity index is 1.96. The molecule has 1 heterocycles. The summed E-state index contributed by atoms with van der Waals surface area (Å²) in [5, 5.41) is 7.89. The van der Waals surface area contributed by atoms with Crippen molar-refractivity contribution in [2.24, 2.45) is 5.10 Å². The maximum Gasteiger partial charge on any atom is 0.271 e. The molecule has 2 aromatic rings. The first-order valence-electron chi connectivity index (χ1n) is 6.95. The summed E-state index contributed by atoms with van der Waals surface area (Å²) >= 11 is 1.59. The number of rotatable bonds is 6. The van der Waals surface area contributed by atoms with Crippen molar-refractivity contribution < 1.29 is 4.79 Å². The molecule has 2 rings (SSSR count). The van der Waals surface area contributed by atoms with Gasteiger partial charge in [-0.2, -0.15) is 16.4 Å². The highest BCUT2D eigenvalue weighted by molar-refractivity contribution is 7.08. The Hall–Kier alpha value is -2.14. The van der Waals surface area contributed by atoms with Crippen molar-refractivity contribution in [3.05, 3.63) is 52.2 Å². The van der Waals surface area contributed by atoms with E-state index >= 15 is 0 Å². The molecule has 0 spiro atoms. The zero-order valence-corrected chi connectivity index (χ0v) is 13.1. The zero-order chi connectivity index (χ0) is 15.1. The van der Waals surface area contributed by atoms with Crippen LogP contribution in [0.2, 0.25) is 0 Å². The van der Waals surface area contributed by atoms with Gasteiger partial charge in [-0.15, -0.1) is 0 Å². The van der Waals surface area contributed by atoms with Crippen molar-refractivity contribution in [3.8, 4) is 0 Å². The van der Waals surface area contributed by atoms with Gasteiger partial charge in [-0.25, -0.2) is 5.43 Å². The van der Waals surface area contributed by atoms with Crippen molar-refractivity contribution in [1.29, 1.82) is 0 Å². The van der Waals surface area contributed by atoms with E-state index in [0.29, 0.717) is 5.56 Å². The van der Waals surface area contributed by atoms with Crippen molar-refractivity contribution >= 4 is 29.1 Å². The molecule has 0 aliphatic rings. The Morgan fingerprint density at radius 2 is 1.95 bits per heavy atom. The highest BCUT2D eigenvalue weighted by atomic mass is 32.1. The van der Waals surface area contributed by atoms with Crippen LogP contribution >= 0.6 is 11.3 Å². The van der Waals surface area contributed by atoms with Crippen LogP contribution in [0.1, 0.15) is 29.8 Å². The number of hydrazone groups is 1. The number of carbonyl (C=O) groups excluding carboxylic acids is 1. The van der Waals surface area contributed by atoms with Crippen molar-refractivity contribution in [3.63, 3.8) is 0 Å². The fourth-order valence-corrected chi connectivity index (χ4v) is 2.60. The van der Waals surface area contributed by atoms with Gasteiger partial charge in [0, 0.05) is 29.9 Å². The Bertz CT molecular complexity index is 586. The molecule has 5 heteroatoms. The van der Waals surface area contributed by atoms with Crippen LogP contribution in [0.4, 0.5) is 5.69 Å². The first kappa shape index (κ1) is 15.3. The minimum atomic E-state index is -0.201. The van der Waals surface area contributed by atoms with E-state index in [1.54, 1.807) is 17.6 Å². The van der Waals surface area contributed by atoms with Gasteiger partial charge in [-0.1, -0.05) is 0 Å². The summed E-state index contributed by atoms with van der Waals surface area (Å²) in [5.41, 5.74) is 5.25. The van der Waals surface area contributed by atoms with Gasteiger partial charge in [-0.05, 0) is 54.9 Å². The average Bonchev–Trinajstić information content (AvgIpc) is 3.02. The first-order chi connectivity index (χ1) is 10.2. The second-order valence-electron chi connectivity index (χ2n) is 4.47. The van der Waals surface area contributed by atoms with Crippen molar-refractivity contribution in [2.45, 2.75) is 13.8 Å². The molecule has 4 nitrogen and oxygen atoms in total. The summed E-state index contributed by atoms with van der Waals surface area (Å²) < 4.78 is 0. The number of nitrogens with zero attached hydrogens (tertiary/aromatic N) is 2.